The van der Waals surface area contributed by atoms with Crippen molar-refractivity contribution < 1.29 is 13.2 Å². The molecule has 0 aliphatic heterocycles. The number of nitrogens with one attached hydrogen (secondary N) is 1. The number of hydrogen-bond acceptors (Lipinski definition) is 3. The second-order valence-electron chi connectivity index (χ2n) is 3.99. The molecule has 3 N–H and O–H groups in total. The Kier molecular flexibility index (Phi) is 2.56. The Bertz CT molecular complexity index is 699. The quantitative estimate of drug-likeness (QED) is 0.744. The average Bonchev–Trinajstić information content (AvgIpc) is 2.95. The lowest BCUT2D eigenvalue weighted by molar-refractivity contribution is 0.579. The molecule has 0 amide bonds. The minimum Gasteiger partial charge on any atom is -0.463 e. The summed E-state index contributed by atoms with van der Waals surface area (Å²) in [5, 5.41) is 6.56. The van der Waals surface area contributed by atoms with E-state index < -0.39 is 11.6 Å². The third-order valence-electron chi connectivity index (χ3n) is 2.71. The minimum atomic E-state index is -0.680. The number of H-pyrrole nitrogens is 1. The third kappa shape index (κ3) is 1.97. The van der Waals surface area contributed by atoms with Crippen LogP contribution in [0.4, 0.5) is 14.6 Å². The van der Waals surface area contributed by atoms with Crippen LogP contribution in [0.5, 0.6) is 0 Å². The number of aromatic amines is 1. The van der Waals surface area contributed by atoms with E-state index in [1.165, 1.54) is 18.4 Å². The molecule has 0 spiro atoms. The summed E-state index contributed by atoms with van der Waals surface area (Å²) in [6, 6.07) is 6.58. The number of furan rings is 1. The Hall–Kier alpha value is -2.63. The number of nitrogen functional groups attached to an aromatic ring is 1. The summed E-state index contributed by atoms with van der Waals surface area (Å²) in [6.45, 7) is 0. The zero-order chi connectivity index (χ0) is 13.4. The van der Waals surface area contributed by atoms with Gasteiger partial charge in [-0.1, -0.05) is 0 Å². The van der Waals surface area contributed by atoms with Crippen molar-refractivity contribution >= 4 is 5.82 Å². The monoisotopic (exact) mass is 261 g/mol. The number of nitrogens with zero attached hydrogens (tertiary/aromatic N) is 1. The van der Waals surface area contributed by atoms with E-state index in [4.69, 9.17) is 10.2 Å². The lowest BCUT2D eigenvalue weighted by Crippen LogP contribution is -1.90. The molecule has 0 unspecified atom stereocenters. The first-order valence-electron chi connectivity index (χ1n) is 5.49. The third-order valence-corrected chi connectivity index (χ3v) is 2.71. The summed E-state index contributed by atoms with van der Waals surface area (Å²) in [5.74, 6) is -0.720. The van der Waals surface area contributed by atoms with E-state index in [-0.39, 0.29) is 5.82 Å². The van der Waals surface area contributed by atoms with E-state index in [1.807, 2.05) is 0 Å². The molecule has 0 aliphatic rings. The highest BCUT2D eigenvalue weighted by Gasteiger charge is 2.17. The molecule has 0 saturated carbocycles. The largest absolute Gasteiger partial charge is 0.463 e. The molecule has 0 saturated heterocycles. The molecular weight excluding hydrogens is 252 g/mol. The van der Waals surface area contributed by atoms with Crippen molar-refractivity contribution in [2.45, 2.75) is 0 Å². The molecule has 96 valence electrons. The first-order chi connectivity index (χ1) is 9.15. The molecule has 4 nitrogen and oxygen atoms in total. The molecular formula is C13H9F2N3O. The van der Waals surface area contributed by atoms with E-state index in [2.05, 4.69) is 10.2 Å². The van der Waals surface area contributed by atoms with Gasteiger partial charge in [-0.15, -0.1) is 0 Å². The summed E-state index contributed by atoms with van der Waals surface area (Å²) in [7, 11) is 0. The molecule has 0 aliphatic carbocycles. The van der Waals surface area contributed by atoms with Crippen LogP contribution in [0.2, 0.25) is 0 Å². The fourth-order valence-corrected chi connectivity index (χ4v) is 1.95. The van der Waals surface area contributed by atoms with Gasteiger partial charge in [-0.2, -0.15) is 5.10 Å². The van der Waals surface area contributed by atoms with E-state index in [0.29, 0.717) is 22.6 Å². The number of aromatic nitrogens is 2. The van der Waals surface area contributed by atoms with Gasteiger partial charge in [-0.05, 0) is 29.8 Å². The van der Waals surface area contributed by atoms with Crippen LogP contribution in [0.25, 0.3) is 22.6 Å². The normalized spacial score (nSPS) is 10.8. The van der Waals surface area contributed by atoms with E-state index in [0.717, 1.165) is 6.07 Å². The van der Waals surface area contributed by atoms with Crippen molar-refractivity contribution in [3.8, 4) is 22.6 Å². The molecule has 0 radical (unpaired) electrons. The van der Waals surface area contributed by atoms with Gasteiger partial charge >= 0.3 is 0 Å². The second-order valence-corrected chi connectivity index (χ2v) is 3.99. The van der Waals surface area contributed by atoms with Gasteiger partial charge in [-0.25, -0.2) is 8.78 Å². The van der Waals surface area contributed by atoms with Gasteiger partial charge in [0.15, 0.2) is 11.6 Å². The molecule has 3 rings (SSSR count). The Balaban J connectivity index is 2.22. The SMILES string of the molecule is Nc1n[nH]c(-c2ccco2)c1-c1cc(F)cc(F)c1. The van der Waals surface area contributed by atoms with Crippen LogP contribution in [-0.2, 0) is 0 Å². The highest BCUT2D eigenvalue weighted by molar-refractivity contribution is 5.86. The van der Waals surface area contributed by atoms with Crippen molar-refractivity contribution in [2.24, 2.45) is 0 Å². The number of anilines is 1. The molecule has 0 bridgehead atoms. The maximum Gasteiger partial charge on any atom is 0.153 e. The minimum absolute atomic E-state index is 0.149. The number of hydrogen-bond donors (Lipinski definition) is 2. The number of nitrogens with two attached hydrogens (primary N) is 1. The fourth-order valence-electron chi connectivity index (χ4n) is 1.95. The van der Waals surface area contributed by atoms with E-state index in [9.17, 15) is 8.78 Å². The number of rotatable bonds is 2. The van der Waals surface area contributed by atoms with Gasteiger partial charge in [0, 0.05) is 6.07 Å². The first-order valence-corrected chi connectivity index (χ1v) is 5.49. The zero-order valence-electron chi connectivity index (χ0n) is 9.65. The van der Waals surface area contributed by atoms with Gasteiger partial charge in [0.05, 0.1) is 11.8 Å². The highest BCUT2D eigenvalue weighted by atomic mass is 19.1. The van der Waals surface area contributed by atoms with Gasteiger partial charge in [0.1, 0.15) is 17.3 Å². The molecule has 0 atom stereocenters. The van der Waals surface area contributed by atoms with E-state index >= 15 is 0 Å². The lowest BCUT2D eigenvalue weighted by Gasteiger charge is -2.03. The highest BCUT2D eigenvalue weighted by Crippen LogP contribution is 2.35. The molecule has 2 heterocycles. The summed E-state index contributed by atoms with van der Waals surface area (Å²) in [6.07, 6.45) is 1.49. The van der Waals surface area contributed by atoms with Crippen LogP contribution in [-0.4, -0.2) is 10.2 Å². The fraction of sp³-hybridized carbons (Fsp3) is 0. The topological polar surface area (TPSA) is 67.8 Å². The maximum atomic E-state index is 13.3. The van der Waals surface area contributed by atoms with Crippen LogP contribution < -0.4 is 5.73 Å². The van der Waals surface area contributed by atoms with Crippen molar-refractivity contribution in [3.63, 3.8) is 0 Å². The Morgan fingerprint density at radius 3 is 2.53 bits per heavy atom. The Labute approximate surface area is 106 Å². The number of benzene rings is 1. The van der Waals surface area contributed by atoms with Crippen LogP contribution in [0.3, 0.4) is 0 Å². The van der Waals surface area contributed by atoms with Crippen LogP contribution in [0.1, 0.15) is 0 Å². The average molecular weight is 261 g/mol. The summed E-state index contributed by atoms with van der Waals surface area (Å²) in [5.41, 5.74) is 6.94. The van der Waals surface area contributed by atoms with Gasteiger partial charge in [-0.3, -0.25) is 5.10 Å². The molecule has 19 heavy (non-hydrogen) atoms. The first kappa shape index (κ1) is 11.5. The van der Waals surface area contributed by atoms with Crippen LogP contribution in [0.15, 0.2) is 41.0 Å². The molecule has 2 aromatic heterocycles. The van der Waals surface area contributed by atoms with Gasteiger partial charge in [0.2, 0.25) is 0 Å². The maximum absolute atomic E-state index is 13.3. The van der Waals surface area contributed by atoms with Crippen LogP contribution >= 0.6 is 0 Å². The summed E-state index contributed by atoms with van der Waals surface area (Å²) >= 11 is 0. The zero-order valence-corrected chi connectivity index (χ0v) is 9.65. The van der Waals surface area contributed by atoms with Crippen LogP contribution in [0, 0.1) is 11.6 Å². The van der Waals surface area contributed by atoms with E-state index in [1.54, 1.807) is 12.1 Å². The van der Waals surface area contributed by atoms with Gasteiger partial charge < -0.3 is 10.2 Å². The van der Waals surface area contributed by atoms with Gasteiger partial charge in [0.25, 0.3) is 0 Å². The molecule has 0 fully saturated rings. The predicted octanol–water partition coefficient (Wildman–Crippen LogP) is 3.20. The molecule has 6 heteroatoms. The summed E-state index contributed by atoms with van der Waals surface area (Å²) < 4.78 is 31.8. The van der Waals surface area contributed by atoms with Crippen molar-refractivity contribution in [2.75, 3.05) is 5.73 Å². The second kappa shape index (κ2) is 4.24. The van der Waals surface area contributed by atoms with Crippen molar-refractivity contribution in [1.82, 2.24) is 10.2 Å². The Morgan fingerprint density at radius 1 is 1.16 bits per heavy atom. The summed E-state index contributed by atoms with van der Waals surface area (Å²) in [4.78, 5) is 0. The van der Waals surface area contributed by atoms with Crippen molar-refractivity contribution in [1.29, 1.82) is 0 Å². The predicted molar refractivity (Wildman–Crippen MR) is 66.1 cm³/mol. The standard InChI is InChI=1S/C13H9F2N3O/c14-8-4-7(5-9(15)6-8)11-12(17-18-13(11)16)10-2-1-3-19-10/h1-6H,(H3,16,17,18). The molecule has 1 aromatic carbocycles. The Morgan fingerprint density at radius 2 is 1.89 bits per heavy atom. The number of halogens is 2. The van der Waals surface area contributed by atoms with Crippen molar-refractivity contribution in [3.05, 3.63) is 48.2 Å². The molecule has 3 aromatic rings. The smallest absolute Gasteiger partial charge is 0.153 e. The lowest BCUT2D eigenvalue weighted by atomic mass is 10.0.